The zero-order valence-electron chi connectivity index (χ0n) is 16.4. The molecule has 1 aliphatic carbocycles. The van der Waals surface area contributed by atoms with E-state index in [2.05, 4.69) is 24.3 Å². The first-order valence-corrected chi connectivity index (χ1v) is 9.97. The van der Waals surface area contributed by atoms with Crippen LogP contribution in [0.4, 0.5) is 0 Å². The van der Waals surface area contributed by atoms with Crippen LogP contribution in [0.5, 0.6) is 11.5 Å². The van der Waals surface area contributed by atoms with Gasteiger partial charge in [-0.05, 0) is 55.2 Å². The van der Waals surface area contributed by atoms with Crippen molar-refractivity contribution in [3.8, 4) is 11.5 Å². The molecule has 0 saturated heterocycles. The van der Waals surface area contributed by atoms with E-state index in [9.17, 15) is 10.2 Å². The van der Waals surface area contributed by atoms with Gasteiger partial charge in [-0.25, -0.2) is 0 Å². The lowest BCUT2D eigenvalue weighted by atomic mass is 9.73. The molecule has 3 rings (SSSR count). The topological polar surface area (TPSA) is 79.2 Å². The van der Waals surface area contributed by atoms with Crippen molar-refractivity contribution >= 4 is 0 Å². The normalized spacial score (nSPS) is 17.9. The molecule has 0 spiro atoms. The summed E-state index contributed by atoms with van der Waals surface area (Å²) in [6.07, 6.45) is 3.24. The third kappa shape index (κ3) is 4.85. The van der Waals surface area contributed by atoms with E-state index in [1.807, 2.05) is 24.3 Å². The first-order chi connectivity index (χ1) is 13.5. The van der Waals surface area contributed by atoms with Gasteiger partial charge in [0.2, 0.25) is 0 Å². The summed E-state index contributed by atoms with van der Waals surface area (Å²) in [5.41, 5.74) is 2.53. The zero-order valence-corrected chi connectivity index (χ0v) is 16.4. The van der Waals surface area contributed by atoms with Crippen molar-refractivity contribution in [3.63, 3.8) is 0 Å². The standard InChI is InChI=1S/C23H30O5/c1-17(25)15-27-21-8-4-18(5-9-21)23(12-2-3-13-23)19-6-10-22(11-7-19)28-16-20(26)14-24/h4-11,17,20,24-26H,2-3,12-16H2,1H3. The van der Waals surface area contributed by atoms with Crippen LogP contribution in [0, 0.1) is 0 Å². The molecule has 0 amide bonds. The Hall–Kier alpha value is -2.08. The lowest BCUT2D eigenvalue weighted by Gasteiger charge is -2.31. The van der Waals surface area contributed by atoms with Gasteiger partial charge in [-0.3, -0.25) is 0 Å². The van der Waals surface area contributed by atoms with Crippen LogP contribution in [0.3, 0.4) is 0 Å². The second-order valence-corrected chi connectivity index (χ2v) is 7.65. The van der Waals surface area contributed by atoms with Crippen LogP contribution in [0.2, 0.25) is 0 Å². The molecule has 0 aromatic heterocycles. The number of rotatable bonds is 9. The SMILES string of the molecule is CC(O)COc1ccc(C2(c3ccc(OCC(O)CO)cc3)CCCC2)cc1. The van der Waals surface area contributed by atoms with Gasteiger partial charge in [-0.1, -0.05) is 37.1 Å². The largest absolute Gasteiger partial charge is 0.491 e. The number of hydrogen-bond donors (Lipinski definition) is 3. The summed E-state index contributed by atoms with van der Waals surface area (Å²) in [7, 11) is 0. The Labute approximate surface area is 166 Å². The molecular weight excluding hydrogens is 356 g/mol. The van der Waals surface area contributed by atoms with Crippen molar-refractivity contribution < 1.29 is 24.8 Å². The molecular formula is C23H30O5. The number of aliphatic hydroxyl groups is 3. The van der Waals surface area contributed by atoms with Crippen molar-refractivity contribution in [1.82, 2.24) is 0 Å². The Balaban J connectivity index is 1.76. The van der Waals surface area contributed by atoms with E-state index in [1.54, 1.807) is 6.92 Å². The summed E-state index contributed by atoms with van der Waals surface area (Å²) >= 11 is 0. The average molecular weight is 386 g/mol. The highest BCUT2D eigenvalue weighted by atomic mass is 16.5. The molecule has 28 heavy (non-hydrogen) atoms. The highest BCUT2D eigenvalue weighted by molar-refractivity contribution is 5.44. The summed E-state index contributed by atoms with van der Waals surface area (Å²) in [5, 5.41) is 27.7. The van der Waals surface area contributed by atoms with Crippen LogP contribution in [-0.4, -0.2) is 47.3 Å². The van der Waals surface area contributed by atoms with E-state index in [0.717, 1.165) is 18.6 Å². The third-order valence-corrected chi connectivity index (χ3v) is 5.42. The molecule has 152 valence electrons. The fourth-order valence-electron chi connectivity index (χ4n) is 3.92. The van der Waals surface area contributed by atoms with Gasteiger partial charge < -0.3 is 24.8 Å². The predicted molar refractivity (Wildman–Crippen MR) is 108 cm³/mol. The van der Waals surface area contributed by atoms with Crippen LogP contribution >= 0.6 is 0 Å². The molecule has 0 radical (unpaired) electrons. The molecule has 0 heterocycles. The monoisotopic (exact) mass is 386 g/mol. The first kappa shape index (κ1) is 20.6. The van der Waals surface area contributed by atoms with Crippen molar-refractivity contribution in [2.24, 2.45) is 0 Å². The van der Waals surface area contributed by atoms with Gasteiger partial charge in [0.1, 0.15) is 30.8 Å². The Kier molecular flexibility index (Phi) is 6.94. The maximum absolute atomic E-state index is 9.43. The smallest absolute Gasteiger partial charge is 0.119 e. The summed E-state index contributed by atoms with van der Waals surface area (Å²) < 4.78 is 11.1. The minimum absolute atomic E-state index is 0.00799. The maximum atomic E-state index is 9.43. The molecule has 1 aliphatic rings. The van der Waals surface area contributed by atoms with Crippen LogP contribution in [0.1, 0.15) is 43.7 Å². The minimum Gasteiger partial charge on any atom is -0.491 e. The maximum Gasteiger partial charge on any atom is 0.119 e. The summed E-state index contributed by atoms with van der Waals surface area (Å²) in [6.45, 7) is 1.77. The fourth-order valence-corrected chi connectivity index (χ4v) is 3.92. The molecule has 2 atom stereocenters. The van der Waals surface area contributed by atoms with E-state index in [4.69, 9.17) is 14.6 Å². The van der Waals surface area contributed by atoms with Crippen LogP contribution in [-0.2, 0) is 5.41 Å². The van der Waals surface area contributed by atoms with E-state index < -0.39 is 12.2 Å². The van der Waals surface area contributed by atoms with Gasteiger partial charge in [0.25, 0.3) is 0 Å². The lowest BCUT2D eigenvalue weighted by molar-refractivity contribution is 0.0536. The van der Waals surface area contributed by atoms with Crippen LogP contribution in [0.25, 0.3) is 0 Å². The summed E-state index contributed by atoms with van der Waals surface area (Å²) in [4.78, 5) is 0. The van der Waals surface area contributed by atoms with E-state index in [-0.39, 0.29) is 25.2 Å². The number of ether oxygens (including phenoxy) is 2. The van der Waals surface area contributed by atoms with Gasteiger partial charge in [-0.2, -0.15) is 0 Å². The van der Waals surface area contributed by atoms with Gasteiger partial charge in [-0.15, -0.1) is 0 Å². The molecule has 5 nitrogen and oxygen atoms in total. The highest BCUT2D eigenvalue weighted by Gasteiger charge is 2.37. The molecule has 0 bridgehead atoms. The Morgan fingerprint density at radius 3 is 1.71 bits per heavy atom. The van der Waals surface area contributed by atoms with Crippen molar-refractivity contribution in [3.05, 3.63) is 59.7 Å². The number of aliphatic hydroxyl groups excluding tert-OH is 3. The summed E-state index contributed by atoms with van der Waals surface area (Å²) in [6, 6.07) is 16.3. The van der Waals surface area contributed by atoms with E-state index in [0.29, 0.717) is 5.75 Å². The first-order valence-electron chi connectivity index (χ1n) is 9.97. The van der Waals surface area contributed by atoms with Crippen molar-refractivity contribution in [2.45, 2.75) is 50.2 Å². The van der Waals surface area contributed by atoms with Crippen molar-refractivity contribution in [1.29, 1.82) is 0 Å². The van der Waals surface area contributed by atoms with E-state index in [1.165, 1.54) is 24.0 Å². The number of benzene rings is 2. The van der Waals surface area contributed by atoms with Crippen LogP contribution < -0.4 is 9.47 Å². The molecule has 1 saturated carbocycles. The lowest BCUT2D eigenvalue weighted by Crippen LogP contribution is -2.24. The minimum atomic E-state index is -0.865. The van der Waals surface area contributed by atoms with Crippen LogP contribution in [0.15, 0.2) is 48.5 Å². The Bertz CT molecular complexity index is 718. The quantitative estimate of drug-likeness (QED) is 0.617. The molecule has 2 unspecified atom stereocenters. The van der Waals surface area contributed by atoms with E-state index >= 15 is 0 Å². The van der Waals surface area contributed by atoms with Gasteiger partial charge in [0, 0.05) is 5.41 Å². The Morgan fingerprint density at radius 1 is 0.821 bits per heavy atom. The average Bonchev–Trinajstić information content (AvgIpc) is 3.22. The second-order valence-electron chi connectivity index (χ2n) is 7.65. The molecule has 1 fully saturated rings. The summed E-state index contributed by atoms with van der Waals surface area (Å²) in [5.74, 6) is 1.45. The zero-order chi connectivity index (χ0) is 20.0. The molecule has 0 aliphatic heterocycles. The van der Waals surface area contributed by atoms with Crippen molar-refractivity contribution in [2.75, 3.05) is 19.8 Å². The molecule has 2 aromatic rings. The van der Waals surface area contributed by atoms with Gasteiger partial charge >= 0.3 is 0 Å². The van der Waals surface area contributed by atoms with Gasteiger partial charge in [0.05, 0.1) is 12.7 Å². The van der Waals surface area contributed by atoms with Gasteiger partial charge in [0.15, 0.2) is 0 Å². The Morgan fingerprint density at radius 2 is 1.29 bits per heavy atom. The fraction of sp³-hybridized carbons (Fsp3) is 0.478. The molecule has 5 heteroatoms. The highest BCUT2D eigenvalue weighted by Crippen LogP contribution is 2.47. The second kappa shape index (κ2) is 9.41. The predicted octanol–water partition coefficient (Wildman–Crippen LogP) is 3.04. The number of hydrogen-bond acceptors (Lipinski definition) is 5. The molecule has 3 N–H and O–H groups in total. The third-order valence-electron chi connectivity index (χ3n) is 5.42. The molecule has 2 aromatic carbocycles.